The molecule has 8 heteroatoms. The number of nitrogens with one attached hydrogen (secondary N) is 3. The van der Waals surface area contributed by atoms with Crippen LogP contribution in [0.25, 0.3) is 0 Å². The number of pyridine rings is 1. The Morgan fingerprint density at radius 3 is 2.81 bits per heavy atom. The van der Waals surface area contributed by atoms with Crippen molar-refractivity contribution in [2.75, 3.05) is 11.9 Å². The predicted octanol–water partition coefficient (Wildman–Crippen LogP) is -0.365. The number of aromatic amines is 1. The highest BCUT2D eigenvalue weighted by molar-refractivity contribution is 6.39. The van der Waals surface area contributed by atoms with Crippen LogP contribution in [0.5, 0.6) is 0 Å². The van der Waals surface area contributed by atoms with E-state index in [-0.39, 0.29) is 17.7 Å². The lowest BCUT2D eigenvalue weighted by Gasteiger charge is -2.07. The SMILES string of the molecule is Cc1ccnn1CCNC(=O)C(=O)Nc1c[nH]ccc1=O. The first-order chi connectivity index (χ1) is 10.1. The quantitative estimate of drug-likeness (QED) is 0.667. The third-order valence-corrected chi connectivity index (χ3v) is 2.82. The molecule has 0 aliphatic rings. The molecule has 110 valence electrons. The van der Waals surface area contributed by atoms with Crippen LogP contribution in [-0.4, -0.2) is 33.1 Å². The molecule has 21 heavy (non-hydrogen) atoms. The van der Waals surface area contributed by atoms with Gasteiger partial charge in [0.2, 0.25) is 5.43 Å². The largest absolute Gasteiger partial charge is 0.366 e. The van der Waals surface area contributed by atoms with E-state index in [0.717, 1.165) is 5.69 Å². The molecule has 0 aliphatic heterocycles. The van der Waals surface area contributed by atoms with Gasteiger partial charge >= 0.3 is 11.8 Å². The van der Waals surface area contributed by atoms with E-state index in [0.29, 0.717) is 6.54 Å². The van der Waals surface area contributed by atoms with Gasteiger partial charge in [-0.25, -0.2) is 0 Å². The zero-order valence-electron chi connectivity index (χ0n) is 11.4. The van der Waals surface area contributed by atoms with Gasteiger partial charge in [0, 0.05) is 36.9 Å². The summed E-state index contributed by atoms with van der Waals surface area (Å²) in [5, 5.41) is 8.77. The fraction of sp³-hybridized carbons (Fsp3) is 0.231. The van der Waals surface area contributed by atoms with Gasteiger partial charge < -0.3 is 15.6 Å². The van der Waals surface area contributed by atoms with Gasteiger partial charge in [-0.15, -0.1) is 0 Å². The maximum atomic E-state index is 11.6. The monoisotopic (exact) mass is 289 g/mol. The third-order valence-electron chi connectivity index (χ3n) is 2.82. The molecule has 0 aromatic carbocycles. The Morgan fingerprint density at radius 2 is 2.14 bits per heavy atom. The molecule has 0 saturated carbocycles. The van der Waals surface area contributed by atoms with Crippen LogP contribution in [0.1, 0.15) is 5.69 Å². The molecular formula is C13H15N5O3. The molecule has 0 radical (unpaired) electrons. The number of hydrogen-bond acceptors (Lipinski definition) is 4. The zero-order chi connectivity index (χ0) is 15.2. The first-order valence-electron chi connectivity index (χ1n) is 6.32. The Balaban J connectivity index is 1.83. The van der Waals surface area contributed by atoms with E-state index in [1.165, 1.54) is 18.5 Å². The first kappa shape index (κ1) is 14.5. The van der Waals surface area contributed by atoms with Gasteiger partial charge in [-0.05, 0) is 13.0 Å². The number of anilines is 1. The summed E-state index contributed by atoms with van der Waals surface area (Å²) in [6.07, 6.45) is 4.41. The Labute approximate surface area is 120 Å². The van der Waals surface area contributed by atoms with Crippen LogP contribution < -0.4 is 16.1 Å². The summed E-state index contributed by atoms with van der Waals surface area (Å²) in [4.78, 5) is 37.3. The number of aromatic nitrogens is 3. The van der Waals surface area contributed by atoms with Gasteiger partial charge in [0.05, 0.1) is 6.54 Å². The van der Waals surface area contributed by atoms with Gasteiger partial charge in [0.15, 0.2) is 0 Å². The molecule has 2 rings (SSSR count). The predicted molar refractivity (Wildman–Crippen MR) is 75.7 cm³/mol. The van der Waals surface area contributed by atoms with E-state index in [1.54, 1.807) is 10.9 Å². The van der Waals surface area contributed by atoms with Crippen molar-refractivity contribution >= 4 is 17.5 Å². The second-order valence-electron chi connectivity index (χ2n) is 4.33. The lowest BCUT2D eigenvalue weighted by atomic mass is 10.4. The molecule has 2 heterocycles. The van der Waals surface area contributed by atoms with Crippen LogP contribution in [-0.2, 0) is 16.1 Å². The zero-order valence-corrected chi connectivity index (χ0v) is 11.4. The number of aryl methyl sites for hydroxylation is 1. The van der Waals surface area contributed by atoms with Crippen molar-refractivity contribution < 1.29 is 9.59 Å². The first-order valence-corrected chi connectivity index (χ1v) is 6.32. The van der Waals surface area contributed by atoms with E-state index in [2.05, 4.69) is 20.7 Å². The van der Waals surface area contributed by atoms with Gasteiger partial charge in [-0.1, -0.05) is 0 Å². The minimum absolute atomic E-state index is 0.0283. The molecule has 2 aromatic rings. The van der Waals surface area contributed by atoms with Crippen LogP contribution in [0.3, 0.4) is 0 Å². The molecule has 2 amide bonds. The van der Waals surface area contributed by atoms with Crippen LogP contribution in [0.15, 0.2) is 35.5 Å². The lowest BCUT2D eigenvalue weighted by molar-refractivity contribution is -0.136. The maximum absolute atomic E-state index is 11.6. The minimum atomic E-state index is -0.885. The number of carbonyl (C=O) groups excluding carboxylic acids is 2. The van der Waals surface area contributed by atoms with Crippen molar-refractivity contribution in [2.45, 2.75) is 13.5 Å². The van der Waals surface area contributed by atoms with E-state index in [9.17, 15) is 14.4 Å². The highest BCUT2D eigenvalue weighted by atomic mass is 16.2. The lowest BCUT2D eigenvalue weighted by Crippen LogP contribution is -2.38. The number of rotatable bonds is 4. The van der Waals surface area contributed by atoms with E-state index < -0.39 is 11.8 Å². The molecule has 0 aliphatic carbocycles. The second-order valence-corrected chi connectivity index (χ2v) is 4.33. The number of amides is 2. The molecule has 3 N–H and O–H groups in total. The molecule has 0 unspecified atom stereocenters. The fourth-order valence-corrected chi connectivity index (χ4v) is 1.68. The van der Waals surface area contributed by atoms with Gasteiger partial charge in [-0.3, -0.25) is 19.1 Å². The van der Waals surface area contributed by atoms with Crippen molar-refractivity contribution in [1.82, 2.24) is 20.1 Å². The summed E-state index contributed by atoms with van der Waals surface area (Å²) in [5.41, 5.74) is 0.618. The molecular weight excluding hydrogens is 274 g/mol. The standard InChI is InChI=1S/C13H15N5O3/c1-9-2-5-16-18(9)7-6-15-12(20)13(21)17-10-8-14-4-3-11(10)19/h2-5,8H,6-7H2,1H3,(H,14,19)(H,15,20)(H,17,21). The van der Waals surface area contributed by atoms with Crippen LogP contribution in [0.2, 0.25) is 0 Å². The van der Waals surface area contributed by atoms with Gasteiger partial charge in [0.1, 0.15) is 5.69 Å². The average molecular weight is 289 g/mol. The normalized spacial score (nSPS) is 10.1. The van der Waals surface area contributed by atoms with Crippen molar-refractivity contribution in [3.05, 3.63) is 46.6 Å². The Morgan fingerprint density at radius 1 is 1.33 bits per heavy atom. The summed E-state index contributed by atoms with van der Waals surface area (Å²) in [5.74, 6) is -1.69. The summed E-state index contributed by atoms with van der Waals surface area (Å²) < 4.78 is 1.71. The number of nitrogens with zero attached hydrogens (tertiary/aromatic N) is 2. The maximum Gasteiger partial charge on any atom is 0.313 e. The van der Waals surface area contributed by atoms with Crippen molar-refractivity contribution in [2.24, 2.45) is 0 Å². The number of hydrogen-bond donors (Lipinski definition) is 3. The summed E-state index contributed by atoms with van der Waals surface area (Å²) >= 11 is 0. The van der Waals surface area contributed by atoms with Gasteiger partial charge in [-0.2, -0.15) is 5.10 Å². The second kappa shape index (κ2) is 6.51. The van der Waals surface area contributed by atoms with Crippen LogP contribution >= 0.6 is 0 Å². The molecule has 8 nitrogen and oxygen atoms in total. The van der Waals surface area contributed by atoms with Gasteiger partial charge in [0.25, 0.3) is 0 Å². The number of carbonyl (C=O) groups is 2. The van der Waals surface area contributed by atoms with E-state index >= 15 is 0 Å². The highest BCUT2D eigenvalue weighted by Gasteiger charge is 2.14. The molecule has 2 aromatic heterocycles. The smallest absolute Gasteiger partial charge is 0.313 e. The molecule has 0 spiro atoms. The Hall–Kier alpha value is -2.90. The highest BCUT2D eigenvalue weighted by Crippen LogP contribution is 1.96. The minimum Gasteiger partial charge on any atom is -0.366 e. The molecule has 0 fully saturated rings. The number of H-pyrrole nitrogens is 1. The van der Waals surface area contributed by atoms with Crippen molar-refractivity contribution in [3.63, 3.8) is 0 Å². The Bertz CT molecular complexity index is 704. The molecule has 0 atom stereocenters. The van der Waals surface area contributed by atoms with Crippen LogP contribution in [0, 0.1) is 6.92 Å². The van der Waals surface area contributed by atoms with E-state index in [4.69, 9.17) is 0 Å². The summed E-state index contributed by atoms with van der Waals surface area (Å²) in [6, 6.07) is 3.10. The third kappa shape index (κ3) is 3.78. The summed E-state index contributed by atoms with van der Waals surface area (Å²) in [6.45, 7) is 2.62. The summed E-state index contributed by atoms with van der Waals surface area (Å²) in [7, 11) is 0. The molecule has 0 saturated heterocycles. The molecule has 0 bridgehead atoms. The van der Waals surface area contributed by atoms with Crippen molar-refractivity contribution in [1.29, 1.82) is 0 Å². The van der Waals surface area contributed by atoms with Crippen molar-refractivity contribution in [3.8, 4) is 0 Å². The topological polar surface area (TPSA) is 109 Å². The van der Waals surface area contributed by atoms with E-state index in [1.807, 2.05) is 13.0 Å². The fourth-order valence-electron chi connectivity index (χ4n) is 1.68. The average Bonchev–Trinajstić information content (AvgIpc) is 2.87. The Kier molecular flexibility index (Phi) is 4.50. The van der Waals surface area contributed by atoms with Crippen LogP contribution in [0.4, 0.5) is 5.69 Å².